The molecule has 0 saturated heterocycles. The third-order valence-corrected chi connectivity index (χ3v) is 4.01. The standard InChI is InChI=1S/C16H18O2S.C2H2/c1-12-14(5-4-10-17-2)11-16(19-12)13-6-8-15(18-3)9-7-13;1-2/h4-9,11H,10H2,1-3H3;1-2H/b5-4-;. The second-order valence-electron chi connectivity index (χ2n) is 4.21. The number of terminal acetylenes is 1. The Labute approximate surface area is 131 Å². The van der Waals surface area contributed by atoms with Gasteiger partial charge in [-0.15, -0.1) is 24.2 Å². The van der Waals surface area contributed by atoms with Crippen LogP contribution in [0.4, 0.5) is 0 Å². The summed E-state index contributed by atoms with van der Waals surface area (Å²) < 4.78 is 10.2. The second-order valence-corrected chi connectivity index (χ2v) is 5.46. The summed E-state index contributed by atoms with van der Waals surface area (Å²) in [5, 5.41) is 0. The van der Waals surface area contributed by atoms with Crippen LogP contribution in [0.25, 0.3) is 16.5 Å². The predicted molar refractivity (Wildman–Crippen MR) is 91.8 cm³/mol. The van der Waals surface area contributed by atoms with E-state index in [0.717, 1.165) is 5.75 Å². The molecule has 1 aromatic heterocycles. The summed E-state index contributed by atoms with van der Waals surface area (Å²) in [6, 6.07) is 10.4. The van der Waals surface area contributed by atoms with Crippen LogP contribution in [-0.4, -0.2) is 20.8 Å². The highest BCUT2D eigenvalue weighted by atomic mass is 32.1. The van der Waals surface area contributed by atoms with Crippen LogP contribution in [0.2, 0.25) is 0 Å². The molecule has 0 amide bonds. The molecule has 3 heteroatoms. The van der Waals surface area contributed by atoms with Gasteiger partial charge in [-0.2, -0.15) is 0 Å². The molecule has 1 heterocycles. The van der Waals surface area contributed by atoms with Gasteiger partial charge in [-0.3, -0.25) is 0 Å². The number of ether oxygens (including phenoxy) is 2. The van der Waals surface area contributed by atoms with Gasteiger partial charge >= 0.3 is 0 Å². The minimum Gasteiger partial charge on any atom is -0.497 e. The van der Waals surface area contributed by atoms with Gasteiger partial charge in [-0.1, -0.05) is 12.2 Å². The Morgan fingerprint density at radius 1 is 1.14 bits per heavy atom. The number of thiophene rings is 1. The Morgan fingerprint density at radius 3 is 2.38 bits per heavy atom. The maximum Gasteiger partial charge on any atom is 0.118 e. The molecule has 0 radical (unpaired) electrons. The van der Waals surface area contributed by atoms with Crippen molar-refractivity contribution in [3.05, 3.63) is 46.8 Å². The second kappa shape index (κ2) is 9.02. The van der Waals surface area contributed by atoms with Crippen molar-refractivity contribution in [2.45, 2.75) is 6.92 Å². The van der Waals surface area contributed by atoms with Gasteiger partial charge < -0.3 is 9.47 Å². The van der Waals surface area contributed by atoms with Crippen molar-refractivity contribution in [1.29, 1.82) is 0 Å². The maximum absolute atomic E-state index is 5.18. The number of hydrogen-bond acceptors (Lipinski definition) is 3. The lowest BCUT2D eigenvalue weighted by molar-refractivity contribution is 0.234. The summed E-state index contributed by atoms with van der Waals surface area (Å²) in [5.74, 6) is 0.886. The molecule has 2 aromatic rings. The highest BCUT2D eigenvalue weighted by Crippen LogP contribution is 2.32. The van der Waals surface area contributed by atoms with Crippen molar-refractivity contribution in [3.8, 4) is 29.0 Å². The zero-order chi connectivity index (χ0) is 15.7. The van der Waals surface area contributed by atoms with Crippen molar-refractivity contribution in [2.75, 3.05) is 20.8 Å². The normalized spacial score (nSPS) is 10.1. The van der Waals surface area contributed by atoms with E-state index >= 15 is 0 Å². The number of aryl methyl sites for hydroxylation is 1. The molecule has 110 valence electrons. The lowest BCUT2D eigenvalue weighted by Gasteiger charge is -2.00. The summed E-state index contributed by atoms with van der Waals surface area (Å²) in [7, 11) is 3.39. The fourth-order valence-corrected chi connectivity index (χ4v) is 2.85. The Balaban J connectivity index is 0.00000106. The Hall–Kier alpha value is -2.02. The Kier molecular flexibility index (Phi) is 7.31. The summed E-state index contributed by atoms with van der Waals surface area (Å²) in [6.07, 6.45) is 12.1. The van der Waals surface area contributed by atoms with Crippen LogP contribution in [0, 0.1) is 19.8 Å². The molecule has 2 nitrogen and oxygen atoms in total. The van der Waals surface area contributed by atoms with Crippen LogP contribution in [0.5, 0.6) is 5.75 Å². The fraction of sp³-hybridized carbons (Fsp3) is 0.222. The number of methoxy groups -OCH3 is 2. The first kappa shape index (κ1) is 17.0. The van der Waals surface area contributed by atoms with E-state index in [2.05, 4.69) is 44.0 Å². The highest BCUT2D eigenvalue weighted by Gasteiger charge is 2.05. The summed E-state index contributed by atoms with van der Waals surface area (Å²) in [6.45, 7) is 2.79. The molecule has 0 saturated carbocycles. The van der Waals surface area contributed by atoms with E-state index in [0.29, 0.717) is 6.61 Å². The molecular formula is C18H20O2S. The van der Waals surface area contributed by atoms with Gasteiger partial charge in [0.1, 0.15) is 5.75 Å². The van der Waals surface area contributed by atoms with Gasteiger partial charge in [0, 0.05) is 16.9 Å². The van der Waals surface area contributed by atoms with E-state index in [1.54, 1.807) is 25.6 Å². The van der Waals surface area contributed by atoms with Gasteiger partial charge in [0.15, 0.2) is 0 Å². The molecule has 0 spiro atoms. The van der Waals surface area contributed by atoms with Gasteiger partial charge in [-0.25, -0.2) is 0 Å². The molecule has 1 aromatic carbocycles. The van der Waals surface area contributed by atoms with Gasteiger partial charge in [0.2, 0.25) is 0 Å². The van der Waals surface area contributed by atoms with Gasteiger partial charge in [0.05, 0.1) is 13.7 Å². The van der Waals surface area contributed by atoms with Crippen LogP contribution in [0.3, 0.4) is 0 Å². The van der Waals surface area contributed by atoms with Crippen LogP contribution < -0.4 is 4.74 Å². The lowest BCUT2D eigenvalue weighted by atomic mass is 10.1. The summed E-state index contributed by atoms with van der Waals surface area (Å²) in [4.78, 5) is 2.59. The van der Waals surface area contributed by atoms with Crippen molar-refractivity contribution in [2.24, 2.45) is 0 Å². The molecule has 0 aliphatic carbocycles. The minimum atomic E-state index is 0.646. The number of benzene rings is 1. The van der Waals surface area contributed by atoms with Crippen LogP contribution >= 0.6 is 11.3 Å². The quantitative estimate of drug-likeness (QED) is 0.749. The third kappa shape index (κ3) is 4.78. The molecule has 0 aliphatic rings. The van der Waals surface area contributed by atoms with E-state index in [4.69, 9.17) is 9.47 Å². The number of hydrogen-bond donors (Lipinski definition) is 0. The van der Waals surface area contributed by atoms with E-state index in [1.165, 1.54) is 20.9 Å². The van der Waals surface area contributed by atoms with Gasteiger partial charge in [-0.05, 0) is 48.4 Å². The van der Waals surface area contributed by atoms with Crippen molar-refractivity contribution >= 4 is 17.4 Å². The largest absolute Gasteiger partial charge is 0.497 e. The van der Waals surface area contributed by atoms with E-state index in [9.17, 15) is 0 Å². The topological polar surface area (TPSA) is 18.5 Å². The van der Waals surface area contributed by atoms with E-state index in [-0.39, 0.29) is 0 Å². The lowest BCUT2D eigenvalue weighted by Crippen LogP contribution is -1.81. The average Bonchev–Trinajstić information content (AvgIpc) is 2.91. The maximum atomic E-state index is 5.18. The average molecular weight is 300 g/mol. The first-order valence-electron chi connectivity index (χ1n) is 6.48. The molecular weight excluding hydrogens is 280 g/mol. The first-order chi connectivity index (χ1) is 10.2. The molecule has 2 rings (SSSR count). The monoisotopic (exact) mass is 300 g/mol. The van der Waals surface area contributed by atoms with Gasteiger partial charge in [0.25, 0.3) is 0 Å². The number of rotatable bonds is 5. The SMILES string of the molecule is C#C.COC/C=C\c1cc(-c2ccc(OC)cc2)sc1C. The van der Waals surface area contributed by atoms with E-state index in [1.807, 2.05) is 18.2 Å². The molecule has 0 unspecified atom stereocenters. The van der Waals surface area contributed by atoms with Crippen molar-refractivity contribution in [3.63, 3.8) is 0 Å². The predicted octanol–water partition coefficient (Wildman–Crippen LogP) is 4.64. The molecule has 0 atom stereocenters. The van der Waals surface area contributed by atoms with Crippen LogP contribution in [-0.2, 0) is 4.74 Å². The third-order valence-electron chi connectivity index (χ3n) is 2.89. The molecule has 0 aliphatic heterocycles. The summed E-state index contributed by atoms with van der Waals surface area (Å²) >= 11 is 1.81. The van der Waals surface area contributed by atoms with Crippen molar-refractivity contribution in [1.82, 2.24) is 0 Å². The molecule has 21 heavy (non-hydrogen) atoms. The molecule has 0 N–H and O–H groups in total. The van der Waals surface area contributed by atoms with Crippen molar-refractivity contribution < 1.29 is 9.47 Å². The van der Waals surface area contributed by atoms with Crippen LogP contribution in [0.15, 0.2) is 36.4 Å². The van der Waals surface area contributed by atoms with Crippen LogP contribution in [0.1, 0.15) is 10.4 Å². The Bertz CT molecular complexity index is 591. The molecule has 0 fully saturated rings. The highest BCUT2D eigenvalue weighted by molar-refractivity contribution is 7.15. The Morgan fingerprint density at radius 2 is 1.81 bits per heavy atom. The molecule has 0 bridgehead atoms. The zero-order valence-corrected chi connectivity index (χ0v) is 13.4. The summed E-state index contributed by atoms with van der Waals surface area (Å²) in [5.41, 5.74) is 2.48. The smallest absolute Gasteiger partial charge is 0.118 e. The first-order valence-corrected chi connectivity index (χ1v) is 7.30. The minimum absolute atomic E-state index is 0.646. The fourth-order valence-electron chi connectivity index (χ4n) is 1.83. The van der Waals surface area contributed by atoms with E-state index < -0.39 is 0 Å². The zero-order valence-electron chi connectivity index (χ0n) is 12.6.